The van der Waals surface area contributed by atoms with Crippen LogP contribution in [0.2, 0.25) is 0 Å². The zero-order valence-corrected chi connectivity index (χ0v) is 17.8. The van der Waals surface area contributed by atoms with Gasteiger partial charge in [0.05, 0.1) is 17.7 Å². The van der Waals surface area contributed by atoms with Crippen molar-refractivity contribution in [3.8, 4) is 5.75 Å². The van der Waals surface area contributed by atoms with E-state index in [2.05, 4.69) is 6.58 Å². The molecule has 0 amide bonds. The summed E-state index contributed by atoms with van der Waals surface area (Å²) >= 11 is 0. The second-order valence-electron chi connectivity index (χ2n) is 8.63. The van der Waals surface area contributed by atoms with Crippen molar-refractivity contribution in [2.45, 2.75) is 50.6 Å². The summed E-state index contributed by atoms with van der Waals surface area (Å²) in [4.78, 5) is 0. The van der Waals surface area contributed by atoms with Crippen molar-refractivity contribution in [2.24, 2.45) is 11.8 Å². The average molecular weight is 454 g/mol. The van der Waals surface area contributed by atoms with E-state index < -0.39 is 57.3 Å². The standard InChI is InChI=1S/C25H24F6O/c1-4-14-6-8-15(9-7-14)18-12-10-17-16-11-13-19(32-5-2)21(26)20(16)24(28,29)25(30,31)22(17)23(18,3)27/h4,8,10-14,18H,1,5-7,9H2,2-3H3. The SMILES string of the molecule is C=CC1CC=C(C2C=CC3=C(C2(C)F)C(F)(F)C(F)(F)c2c3ccc(OCC)c2F)CC1. The Kier molecular flexibility index (Phi) is 5.37. The molecule has 172 valence electrons. The summed E-state index contributed by atoms with van der Waals surface area (Å²) in [6.45, 7) is 6.14. The number of alkyl halides is 5. The Morgan fingerprint density at radius 2 is 1.88 bits per heavy atom. The minimum absolute atomic E-state index is 0.0302. The van der Waals surface area contributed by atoms with Crippen molar-refractivity contribution in [1.29, 1.82) is 0 Å². The van der Waals surface area contributed by atoms with E-state index in [1.807, 2.05) is 0 Å². The third kappa shape index (κ3) is 3.07. The minimum Gasteiger partial charge on any atom is -0.491 e. The van der Waals surface area contributed by atoms with E-state index in [4.69, 9.17) is 4.74 Å². The molecule has 1 aromatic rings. The van der Waals surface area contributed by atoms with Crippen LogP contribution in [0.25, 0.3) is 5.57 Å². The molecule has 0 bridgehead atoms. The van der Waals surface area contributed by atoms with E-state index in [1.54, 1.807) is 12.2 Å². The lowest BCUT2D eigenvalue weighted by molar-refractivity contribution is -0.205. The van der Waals surface area contributed by atoms with Gasteiger partial charge < -0.3 is 4.74 Å². The first-order valence-corrected chi connectivity index (χ1v) is 10.6. The smallest absolute Gasteiger partial charge is 0.343 e. The van der Waals surface area contributed by atoms with Crippen LogP contribution >= 0.6 is 0 Å². The van der Waals surface area contributed by atoms with E-state index in [-0.39, 0.29) is 12.5 Å². The Morgan fingerprint density at radius 3 is 2.47 bits per heavy atom. The highest BCUT2D eigenvalue weighted by atomic mass is 19.3. The average Bonchev–Trinajstić information content (AvgIpc) is 2.73. The van der Waals surface area contributed by atoms with Gasteiger partial charge in [0, 0.05) is 5.92 Å². The van der Waals surface area contributed by atoms with Gasteiger partial charge >= 0.3 is 11.8 Å². The van der Waals surface area contributed by atoms with Gasteiger partial charge in [0.15, 0.2) is 11.6 Å². The molecule has 0 aromatic heterocycles. The Bertz CT molecular complexity index is 1050. The van der Waals surface area contributed by atoms with Crippen LogP contribution in [0.5, 0.6) is 5.75 Å². The van der Waals surface area contributed by atoms with Crippen LogP contribution in [0.15, 0.2) is 54.2 Å². The van der Waals surface area contributed by atoms with Crippen molar-refractivity contribution >= 4 is 5.57 Å². The Balaban J connectivity index is 1.89. The molecule has 0 fully saturated rings. The van der Waals surface area contributed by atoms with Crippen LogP contribution in [0, 0.1) is 17.7 Å². The van der Waals surface area contributed by atoms with Crippen LogP contribution in [0.1, 0.15) is 44.2 Å². The molecule has 3 aliphatic carbocycles. The summed E-state index contributed by atoms with van der Waals surface area (Å²) in [6, 6.07) is 2.20. The molecular formula is C25H24F6O. The van der Waals surface area contributed by atoms with Crippen molar-refractivity contribution in [2.75, 3.05) is 6.61 Å². The monoisotopic (exact) mass is 454 g/mol. The summed E-state index contributed by atoms with van der Waals surface area (Å²) in [5.41, 5.74) is -5.79. The van der Waals surface area contributed by atoms with Gasteiger partial charge in [0.25, 0.3) is 0 Å². The molecule has 3 unspecified atom stereocenters. The third-order valence-electron chi connectivity index (χ3n) is 6.74. The van der Waals surface area contributed by atoms with Gasteiger partial charge in [-0.1, -0.05) is 29.9 Å². The molecule has 1 nitrogen and oxygen atoms in total. The highest BCUT2D eigenvalue weighted by Gasteiger charge is 2.69. The summed E-state index contributed by atoms with van der Waals surface area (Å²) < 4.78 is 97.0. The first-order valence-electron chi connectivity index (χ1n) is 10.6. The number of allylic oxidation sites excluding steroid dienone is 7. The summed E-state index contributed by atoms with van der Waals surface area (Å²) in [6.07, 6.45) is 7.96. The predicted octanol–water partition coefficient (Wildman–Crippen LogP) is 7.55. The van der Waals surface area contributed by atoms with E-state index in [0.29, 0.717) is 24.8 Å². The molecular weight excluding hydrogens is 430 g/mol. The summed E-state index contributed by atoms with van der Waals surface area (Å²) in [5, 5.41) is 0. The van der Waals surface area contributed by atoms with Crippen molar-refractivity contribution in [3.63, 3.8) is 0 Å². The van der Waals surface area contributed by atoms with Crippen molar-refractivity contribution in [3.05, 3.63) is 71.1 Å². The maximum atomic E-state index is 16.2. The van der Waals surface area contributed by atoms with Gasteiger partial charge in [-0.15, -0.1) is 6.58 Å². The maximum Gasteiger partial charge on any atom is 0.343 e. The van der Waals surface area contributed by atoms with Gasteiger partial charge in [-0.25, -0.2) is 8.78 Å². The predicted molar refractivity (Wildman–Crippen MR) is 111 cm³/mol. The molecule has 0 saturated heterocycles. The number of benzene rings is 1. The molecule has 0 saturated carbocycles. The fourth-order valence-corrected chi connectivity index (χ4v) is 5.09. The molecule has 3 aliphatic rings. The van der Waals surface area contributed by atoms with Crippen LogP contribution in [-0.2, 0) is 5.92 Å². The van der Waals surface area contributed by atoms with Gasteiger partial charge in [-0.05, 0) is 62.3 Å². The van der Waals surface area contributed by atoms with E-state index in [9.17, 15) is 4.39 Å². The first-order chi connectivity index (χ1) is 15.0. The maximum absolute atomic E-state index is 16.2. The van der Waals surface area contributed by atoms with Crippen molar-refractivity contribution < 1.29 is 31.1 Å². The molecule has 1 aromatic carbocycles. The Hall–Kier alpha value is -2.44. The molecule has 0 N–H and O–H groups in total. The highest BCUT2D eigenvalue weighted by molar-refractivity contribution is 5.86. The Morgan fingerprint density at radius 1 is 1.16 bits per heavy atom. The zero-order chi connectivity index (χ0) is 23.5. The number of halogens is 6. The Labute approximate surface area is 183 Å². The quantitative estimate of drug-likeness (QED) is 0.337. The van der Waals surface area contributed by atoms with Gasteiger partial charge in [0.2, 0.25) is 0 Å². The van der Waals surface area contributed by atoms with Crippen LogP contribution < -0.4 is 4.74 Å². The number of ether oxygens (including phenoxy) is 1. The second kappa shape index (κ2) is 7.56. The normalized spacial score (nSPS) is 30.3. The molecule has 7 heteroatoms. The molecule has 0 aliphatic heterocycles. The molecule has 0 spiro atoms. The fourth-order valence-electron chi connectivity index (χ4n) is 5.09. The largest absolute Gasteiger partial charge is 0.491 e. The summed E-state index contributed by atoms with van der Waals surface area (Å²) in [5.74, 6) is -12.9. The van der Waals surface area contributed by atoms with Crippen LogP contribution in [-0.4, -0.2) is 18.2 Å². The zero-order valence-electron chi connectivity index (χ0n) is 17.8. The lowest BCUT2D eigenvalue weighted by Crippen LogP contribution is -2.52. The molecule has 0 radical (unpaired) electrons. The van der Waals surface area contributed by atoms with Gasteiger partial charge in [-0.3, -0.25) is 0 Å². The number of rotatable bonds is 4. The first kappa shape index (κ1) is 22.7. The van der Waals surface area contributed by atoms with Crippen molar-refractivity contribution in [1.82, 2.24) is 0 Å². The lowest BCUT2D eigenvalue weighted by atomic mass is 9.65. The van der Waals surface area contributed by atoms with E-state index in [0.717, 1.165) is 19.1 Å². The van der Waals surface area contributed by atoms with E-state index >= 15 is 22.0 Å². The van der Waals surface area contributed by atoms with E-state index in [1.165, 1.54) is 19.1 Å². The molecule has 4 rings (SSSR count). The fraction of sp³-hybridized carbons (Fsp3) is 0.440. The highest BCUT2D eigenvalue weighted by Crippen LogP contribution is 2.62. The summed E-state index contributed by atoms with van der Waals surface area (Å²) in [7, 11) is 0. The number of hydrogen-bond acceptors (Lipinski definition) is 1. The van der Waals surface area contributed by atoms with Crippen LogP contribution in [0.4, 0.5) is 26.3 Å². The lowest BCUT2D eigenvalue weighted by Gasteiger charge is -2.45. The van der Waals surface area contributed by atoms with Crippen LogP contribution in [0.3, 0.4) is 0 Å². The van der Waals surface area contributed by atoms with Gasteiger partial charge in [0.1, 0.15) is 5.67 Å². The number of fused-ring (bicyclic) bond motifs is 2. The third-order valence-corrected chi connectivity index (χ3v) is 6.74. The molecule has 0 heterocycles. The molecule has 3 atom stereocenters. The van der Waals surface area contributed by atoms with Gasteiger partial charge in [-0.2, -0.15) is 17.6 Å². The number of hydrogen-bond donors (Lipinski definition) is 0. The molecule has 32 heavy (non-hydrogen) atoms. The second-order valence-corrected chi connectivity index (χ2v) is 8.63. The minimum atomic E-state index is -4.95. The topological polar surface area (TPSA) is 9.23 Å².